The van der Waals surface area contributed by atoms with Crippen LogP contribution >= 0.6 is 11.6 Å². The summed E-state index contributed by atoms with van der Waals surface area (Å²) in [7, 11) is 0. The van der Waals surface area contributed by atoms with Crippen LogP contribution in [0, 0.1) is 0 Å². The van der Waals surface area contributed by atoms with Crippen molar-refractivity contribution >= 4 is 17.3 Å². The van der Waals surface area contributed by atoms with E-state index in [9.17, 15) is 0 Å². The SMILES string of the molecule is Clc1ccc(C2=NN(C[C@@H]3COCCO3)Cc3ccccc32)cc1. The first-order valence-electron chi connectivity index (χ1n) is 8.17. The van der Waals surface area contributed by atoms with Gasteiger partial charge in [-0.3, -0.25) is 5.01 Å². The van der Waals surface area contributed by atoms with Crippen LogP contribution in [0.25, 0.3) is 0 Å². The molecule has 2 aliphatic rings. The lowest BCUT2D eigenvalue weighted by Gasteiger charge is -2.32. The van der Waals surface area contributed by atoms with Crippen molar-refractivity contribution in [3.05, 3.63) is 70.2 Å². The molecule has 0 amide bonds. The van der Waals surface area contributed by atoms with Crippen molar-refractivity contribution in [2.24, 2.45) is 5.10 Å². The summed E-state index contributed by atoms with van der Waals surface area (Å²) < 4.78 is 11.3. The van der Waals surface area contributed by atoms with E-state index in [2.05, 4.69) is 29.3 Å². The monoisotopic (exact) mass is 342 g/mol. The zero-order chi connectivity index (χ0) is 16.4. The highest BCUT2D eigenvalue weighted by atomic mass is 35.5. The van der Waals surface area contributed by atoms with Crippen LogP contribution in [0.1, 0.15) is 16.7 Å². The summed E-state index contributed by atoms with van der Waals surface area (Å²) in [5.74, 6) is 0. The average Bonchev–Trinajstić information content (AvgIpc) is 2.63. The first-order valence-corrected chi connectivity index (χ1v) is 8.54. The number of halogens is 1. The molecule has 0 bridgehead atoms. The first kappa shape index (κ1) is 15.6. The molecule has 1 saturated heterocycles. The predicted octanol–water partition coefficient (Wildman–Crippen LogP) is 3.32. The number of fused-ring (bicyclic) bond motifs is 1. The number of hydrogen-bond donors (Lipinski definition) is 0. The van der Waals surface area contributed by atoms with Crippen LogP contribution in [-0.2, 0) is 16.0 Å². The van der Waals surface area contributed by atoms with E-state index in [0.29, 0.717) is 19.8 Å². The molecule has 1 atom stereocenters. The number of hydrazone groups is 1. The summed E-state index contributed by atoms with van der Waals surface area (Å²) in [5, 5.41) is 7.69. The van der Waals surface area contributed by atoms with Crippen LogP contribution in [0.4, 0.5) is 0 Å². The fraction of sp³-hybridized carbons (Fsp3) is 0.316. The van der Waals surface area contributed by atoms with Crippen LogP contribution < -0.4 is 0 Å². The molecule has 2 aromatic carbocycles. The maximum atomic E-state index is 6.03. The molecule has 24 heavy (non-hydrogen) atoms. The molecule has 4 nitrogen and oxygen atoms in total. The Morgan fingerprint density at radius 1 is 1.08 bits per heavy atom. The molecule has 0 saturated carbocycles. The largest absolute Gasteiger partial charge is 0.376 e. The van der Waals surface area contributed by atoms with Crippen LogP contribution in [0.3, 0.4) is 0 Å². The second-order valence-corrected chi connectivity index (χ2v) is 6.46. The lowest BCUT2D eigenvalue weighted by molar-refractivity contribution is -0.0982. The Kier molecular flexibility index (Phi) is 4.52. The zero-order valence-corrected chi connectivity index (χ0v) is 14.1. The molecule has 0 unspecified atom stereocenters. The van der Waals surface area contributed by atoms with Gasteiger partial charge in [0.15, 0.2) is 0 Å². The molecule has 2 aromatic rings. The minimum atomic E-state index is 0.0687. The Balaban J connectivity index is 1.65. The van der Waals surface area contributed by atoms with Gasteiger partial charge in [0.2, 0.25) is 0 Å². The van der Waals surface area contributed by atoms with Gasteiger partial charge in [-0.25, -0.2) is 0 Å². The molecule has 4 rings (SSSR count). The van der Waals surface area contributed by atoms with Crippen molar-refractivity contribution in [3.63, 3.8) is 0 Å². The predicted molar refractivity (Wildman–Crippen MR) is 94.5 cm³/mol. The van der Waals surface area contributed by atoms with Crippen molar-refractivity contribution < 1.29 is 9.47 Å². The zero-order valence-electron chi connectivity index (χ0n) is 13.3. The second kappa shape index (κ2) is 6.93. The van der Waals surface area contributed by atoms with Gasteiger partial charge in [-0.1, -0.05) is 48.0 Å². The van der Waals surface area contributed by atoms with E-state index >= 15 is 0 Å². The van der Waals surface area contributed by atoms with Crippen molar-refractivity contribution in [3.8, 4) is 0 Å². The number of benzene rings is 2. The number of nitrogens with zero attached hydrogens (tertiary/aromatic N) is 2. The quantitative estimate of drug-likeness (QED) is 0.858. The van der Waals surface area contributed by atoms with Gasteiger partial charge in [0.25, 0.3) is 0 Å². The Morgan fingerprint density at radius 2 is 1.92 bits per heavy atom. The summed E-state index contributed by atoms with van der Waals surface area (Å²) in [4.78, 5) is 0. The van der Waals surface area contributed by atoms with Gasteiger partial charge in [0, 0.05) is 16.1 Å². The highest BCUT2D eigenvalue weighted by Crippen LogP contribution is 2.24. The van der Waals surface area contributed by atoms with Crippen LogP contribution in [0.2, 0.25) is 5.02 Å². The summed E-state index contributed by atoms with van der Waals surface area (Å²) >= 11 is 6.03. The molecular formula is C19H19ClN2O2. The summed E-state index contributed by atoms with van der Waals surface area (Å²) in [5.41, 5.74) is 4.49. The van der Waals surface area contributed by atoms with Gasteiger partial charge < -0.3 is 9.47 Å². The third kappa shape index (κ3) is 3.31. The van der Waals surface area contributed by atoms with E-state index in [0.717, 1.165) is 29.4 Å². The van der Waals surface area contributed by atoms with Crippen LogP contribution in [0.5, 0.6) is 0 Å². The molecule has 0 spiro atoms. The van der Waals surface area contributed by atoms with Gasteiger partial charge >= 0.3 is 0 Å². The minimum Gasteiger partial charge on any atom is -0.376 e. The highest BCUT2D eigenvalue weighted by Gasteiger charge is 2.23. The molecule has 0 radical (unpaired) electrons. The van der Waals surface area contributed by atoms with Gasteiger partial charge in [-0.05, 0) is 17.7 Å². The molecule has 5 heteroatoms. The van der Waals surface area contributed by atoms with E-state index < -0.39 is 0 Å². The fourth-order valence-corrected chi connectivity index (χ4v) is 3.25. The lowest BCUT2D eigenvalue weighted by Crippen LogP contribution is -2.39. The molecular weight excluding hydrogens is 324 g/mol. The summed E-state index contributed by atoms with van der Waals surface area (Å²) in [6, 6.07) is 16.2. The van der Waals surface area contributed by atoms with E-state index in [4.69, 9.17) is 26.2 Å². The average molecular weight is 343 g/mol. The summed E-state index contributed by atoms with van der Waals surface area (Å²) in [6.45, 7) is 3.48. The Labute approximate surface area is 146 Å². The number of hydrogen-bond acceptors (Lipinski definition) is 4. The minimum absolute atomic E-state index is 0.0687. The van der Waals surface area contributed by atoms with Crippen molar-refractivity contribution in [1.82, 2.24) is 5.01 Å². The Morgan fingerprint density at radius 3 is 2.71 bits per heavy atom. The topological polar surface area (TPSA) is 34.1 Å². The van der Waals surface area contributed by atoms with Crippen molar-refractivity contribution in [1.29, 1.82) is 0 Å². The third-order valence-corrected chi connectivity index (χ3v) is 4.54. The smallest absolute Gasteiger partial charge is 0.100 e. The highest BCUT2D eigenvalue weighted by molar-refractivity contribution is 6.30. The molecule has 1 fully saturated rings. The molecule has 124 valence electrons. The lowest BCUT2D eigenvalue weighted by atomic mass is 9.96. The molecule has 0 aliphatic carbocycles. The molecule has 0 aromatic heterocycles. The van der Waals surface area contributed by atoms with E-state index in [1.807, 2.05) is 24.3 Å². The fourth-order valence-electron chi connectivity index (χ4n) is 3.12. The maximum absolute atomic E-state index is 6.03. The molecule has 2 aliphatic heterocycles. The Bertz CT molecular complexity index is 739. The van der Waals surface area contributed by atoms with Crippen LogP contribution in [0.15, 0.2) is 53.6 Å². The van der Waals surface area contributed by atoms with E-state index in [-0.39, 0.29) is 6.10 Å². The Hall–Kier alpha value is -1.88. The molecule has 0 N–H and O–H groups in total. The first-order chi connectivity index (χ1) is 11.8. The normalized spacial score (nSPS) is 20.5. The van der Waals surface area contributed by atoms with E-state index in [1.54, 1.807) is 0 Å². The van der Waals surface area contributed by atoms with Gasteiger partial charge in [-0.15, -0.1) is 0 Å². The number of rotatable bonds is 3. The van der Waals surface area contributed by atoms with Crippen molar-refractivity contribution in [2.45, 2.75) is 12.6 Å². The second-order valence-electron chi connectivity index (χ2n) is 6.03. The standard InChI is InChI=1S/C19H19ClN2O2/c20-16-7-5-14(6-8-16)19-18-4-2-1-3-15(18)11-22(21-19)12-17-13-23-9-10-24-17/h1-8,17H,9-13H2/t17-/m1/s1. The van der Waals surface area contributed by atoms with Gasteiger partial charge in [-0.2, -0.15) is 5.10 Å². The van der Waals surface area contributed by atoms with Crippen LogP contribution in [-0.4, -0.2) is 43.2 Å². The van der Waals surface area contributed by atoms with Gasteiger partial charge in [0.05, 0.1) is 38.6 Å². The van der Waals surface area contributed by atoms with E-state index in [1.165, 1.54) is 11.1 Å². The third-order valence-electron chi connectivity index (χ3n) is 4.28. The van der Waals surface area contributed by atoms with Crippen molar-refractivity contribution in [2.75, 3.05) is 26.4 Å². The maximum Gasteiger partial charge on any atom is 0.100 e. The number of ether oxygens (including phenoxy) is 2. The molecule has 2 heterocycles. The van der Waals surface area contributed by atoms with Gasteiger partial charge in [0.1, 0.15) is 6.10 Å². The summed E-state index contributed by atoms with van der Waals surface area (Å²) in [6.07, 6.45) is 0.0687.